The Morgan fingerprint density at radius 3 is 2.30 bits per heavy atom. The Labute approximate surface area is 153 Å². The molecule has 1 amide bonds. The molecule has 0 bridgehead atoms. The minimum absolute atomic E-state index is 0.115. The van der Waals surface area contributed by atoms with Crippen LogP contribution >= 0.6 is 0 Å². The summed E-state index contributed by atoms with van der Waals surface area (Å²) in [5.41, 5.74) is 3.22. The Morgan fingerprint density at radius 2 is 1.48 bits per heavy atom. The van der Waals surface area contributed by atoms with Gasteiger partial charge in [-0.15, -0.1) is 0 Å². The van der Waals surface area contributed by atoms with Gasteiger partial charge in [0.1, 0.15) is 5.65 Å². The standard InChI is InChI=1S/C22H15N3O2/c26-21(14-8-2-1-3-9-14)24-19-15-10-4-5-11-16(15)22(27)25-18-13-7-6-12-17(18)23-20(19)25/h1-13,23H,(H,24,26). The molecule has 2 aromatic heterocycles. The molecule has 130 valence electrons. The van der Waals surface area contributed by atoms with Crippen LogP contribution in [0.15, 0.2) is 83.7 Å². The maximum absolute atomic E-state index is 13.1. The van der Waals surface area contributed by atoms with Crippen LogP contribution < -0.4 is 10.9 Å². The molecule has 0 spiro atoms. The van der Waals surface area contributed by atoms with Crippen LogP contribution in [0, 0.1) is 0 Å². The van der Waals surface area contributed by atoms with Crippen LogP contribution in [0.5, 0.6) is 0 Å². The van der Waals surface area contributed by atoms with Gasteiger partial charge in [-0.3, -0.25) is 14.0 Å². The molecule has 3 aromatic carbocycles. The van der Waals surface area contributed by atoms with E-state index in [0.29, 0.717) is 27.7 Å². The Bertz CT molecular complexity index is 1380. The fourth-order valence-electron chi connectivity index (χ4n) is 3.50. The number of rotatable bonds is 2. The topological polar surface area (TPSA) is 66.4 Å². The van der Waals surface area contributed by atoms with Gasteiger partial charge >= 0.3 is 0 Å². The number of aromatic nitrogens is 2. The highest BCUT2D eigenvalue weighted by molar-refractivity contribution is 6.13. The maximum atomic E-state index is 13.1. The summed E-state index contributed by atoms with van der Waals surface area (Å²) in [6.45, 7) is 0. The van der Waals surface area contributed by atoms with E-state index in [1.165, 1.54) is 0 Å². The van der Waals surface area contributed by atoms with E-state index in [1.807, 2.05) is 60.7 Å². The van der Waals surface area contributed by atoms with Gasteiger partial charge in [0.25, 0.3) is 11.5 Å². The monoisotopic (exact) mass is 353 g/mol. The van der Waals surface area contributed by atoms with Gasteiger partial charge in [0, 0.05) is 16.3 Å². The second-order valence-electron chi connectivity index (χ2n) is 6.37. The van der Waals surface area contributed by atoms with E-state index < -0.39 is 0 Å². The van der Waals surface area contributed by atoms with Gasteiger partial charge in [-0.2, -0.15) is 0 Å². The molecule has 5 rings (SSSR count). The number of amides is 1. The second kappa shape index (κ2) is 5.85. The largest absolute Gasteiger partial charge is 0.338 e. The smallest absolute Gasteiger partial charge is 0.264 e. The van der Waals surface area contributed by atoms with Crippen molar-refractivity contribution in [3.63, 3.8) is 0 Å². The fourth-order valence-corrected chi connectivity index (χ4v) is 3.50. The molecule has 0 saturated heterocycles. The zero-order valence-corrected chi connectivity index (χ0v) is 14.3. The number of anilines is 1. The SMILES string of the molecule is O=C(Nc1c2ccccc2c(=O)n2c1[nH]c1ccccc12)c1ccccc1. The predicted molar refractivity (Wildman–Crippen MR) is 107 cm³/mol. The number of aromatic amines is 1. The Hall–Kier alpha value is -3.86. The molecule has 0 saturated carbocycles. The normalized spacial score (nSPS) is 11.3. The van der Waals surface area contributed by atoms with Crippen molar-refractivity contribution >= 4 is 39.0 Å². The average molecular weight is 353 g/mol. The van der Waals surface area contributed by atoms with E-state index in [-0.39, 0.29) is 11.5 Å². The number of carbonyl (C=O) groups is 1. The maximum Gasteiger partial charge on any atom is 0.264 e. The van der Waals surface area contributed by atoms with Gasteiger partial charge in [-0.05, 0) is 30.3 Å². The Morgan fingerprint density at radius 1 is 0.815 bits per heavy atom. The summed E-state index contributed by atoms with van der Waals surface area (Å²) in [6, 6.07) is 23.9. The van der Waals surface area contributed by atoms with Crippen molar-refractivity contribution in [2.75, 3.05) is 5.32 Å². The number of carbonyl (C=O) groups excluding carboxylic acids is 1. The van der Waals surface area contributed by atoms with Crippen LogP contribution in [0.1, 0.15) is 10.4 Å². The molecule has 27 heavy (non-hydrogen) atoms. The zero-order valence-electron chi connectivity index (χ0n) is 14.3. The van der Waals surface area contributed by atoms with Crippen LogP contribution in [0.4, 0.5) is 5.69 Å². The summed E-state index contributed by atoms with van der Waals surface area (Å²) in [5, 5.41) is 4.27. The molecule has 0 radical (unpaired) electrons. The van der Waals surface area contributed by atoms with Crippen molar-refractivity contribution in [3.8, 4) is 0 Å². The van der Waals surface area contributed by atoms with Gasteiger partial charge in [0.15, 0.2) is 0 Å². The number of hydrogen-bond donors (Lipinski definition) is 2. The first kappa shape index (κ1) is 15.4. The molecule has 5 aromatic rings. The van der Waals surface area contributed by atoms with Crippen molar-refractivity contribution in [3.05, 3.63) is 94.8 Å². The number of para-hydroxylation sites is 2. The molecule has 5 nitrogen and oxygen atoms in total. The van der Waals surface area contributed by atoms with E-state index in [2.05, 4.69) is 10.3 Å². The third-order valence-corrected chi connectivity index (χ3v) is 4.76. The van der Waals surface area contributed by atoms with E-state index in [0.717, 1.165) is 11.0 Å². The number of pyridine rings is 1. The number of nitrogens with one attached hydrogen (secondary N) is 2. The lowest BCUT2D eigenvalue weighted by molar-refractivity contribution is 0.102. The number of imidazole rings is 1. The molecule has 0 aliphatic heterocycles. The number of hydrogen-bond acceptors (Lipinski definition) is 2. The summed E-state index contributed by atoms with van der Waals surface area (Å²) in [4.78, 5) is 29.2. The highest BCUT2D eigenvalue weighted by Gasteiger charge is 2.17. The van der Waals surface area contributed by atoms with Crippen molar-refractivity contribution < 1.29 is 4.79 Å². The third kappa shape index (κ3) is 2.33. The summed E-state index contributed by atoms with van der Waals surface area (Å²) in [5.74, 6) is -0.222. The first-order valence-electron chi connectivity index (χ1n) is 8.64. The fraction of sp³-hybridized carbons (Fsp3) is 0. The van der Waals surface area contributed by atoms with Crippen LogP contribution in [-0.2, 0) is 0 Å². The first-order valence-corrected chi connectivity index (χ1v) is 8.64. The summed E-state index contributed by atoms with van der Waals surface area (Å²) >= 11 is 0. The van der Waals surface area contributed by atoms with E-state index in [1.54, 1.807) is 22.6 Å². The first-order chi connectivity index (χ1) is 13.2. The van der Waals surface area contributed by atoms with Gasteiger partial charge in [-0.25, -0.2) is 0 Å². The molecule has 0 unspecified atom stereocenters. The van der Waals surface area contributed by atoms with Crippen LogP contribution in [0.3, 0.4) is 0 Å². The summed E-state index contributed by atoms with van der Waals surface area (Å²) in [6.07, 6.45) is 0. The van der Waals surface area contributed by atoms with Crippen LogP contribution in [0.2, 0.25) is 0 Å². The van der Waals surface area contributed by atoms with Crippen LogP contribution in [-0.4, -0.2) is 15.3 Å². The number of benzene rings is 3. The minimum atomic E-state index is -0.222. The number of H-pyrrole nitrogens is 1. The average Bonchev–Trinajstić information content (AvgIpc) is 3.11. The van der Waals surface area contributed by atoms with E-state index >= 15 is 0 Å². The second-order valence-corrected chi connectivity index (χ2v) is 6.37. The van der Waals surface area contributed by atoms with E-state index in [9.17, 15) is 9.59 Å². The van der Waals surface area contributed by atoms with Gasteiger partial charge in [-0.1, -0.05) is 48.5 Å². The molecule has 0 aliphatic carbocycles. The van der Waals surface area contributed by atoms with Crippen molar-refractivity contribution in [2.24, 2.45) is 0 Å². The summed E-state index contributed by atoms with van der Waals surface area (Å²) in [7, 11) is 0. The molecule has 5 heteroatoms. The molecule has 0 fully saturated rings. The lowest BCUT2D eigenvalue weighted by Crippen LogP contribution is -2.18. The Kier molecular flexibility index (Phi) is 3.33. The third-order valence-electron chi connectivity index (χ3n) is 4.76. The highest BCUT2D eigenvalue weighted by atomic mass is 16.1. The van der Waals surface area contributed by atoms with Crippen LogP contribution in [0.25, 0.3) is 27.5 Å². The van der Waals surface area contributed by atoms with Gasteiger partial charge in [0.05, 0.1) is 16.7 Å². The quantitative estimate of drug-likeness (QED) is 0.500. The minimum Gasteiger partial charge on any atom is -0.338 e. The summed E-state index contributed by atoms with van der Waals surface area (Å²) < 4.78 is 1.62. The molecule has 2 N–H and O–H groups in total. The highest BCUT2D eigenvalue weighted by Crippen LogP contribution is 2.28. The molecular formula is C22H15N3O2. The molecule has 2 heterocycles. The number of fused-ring (bicyclic) bond motifs is 4. The van der Waals surface area contributed by atoms with Gasteiger partial charge < -0.3 is 10.3 Å². The zero-order chi connectivity index (χ0) is 18.4. The number of nitrogens with zero attached hydrogens (tertiary/aromatic N) is 1. The van der Waals surface area contributed by atoms with Crippen molar-refractivity contribution in [1.82, 2.24) is 9.38 Å². The molecule has 0 aliphatic rings. The molecule has 0 atom stereocenters. The lowest BCUT2D eigenvalue weighted by atomic mass is 10.1. The van der Waals surface area contributed by atoms with E-state index in [4.69, 9.17) is 0 Å². The Balaban J connectivity index is 1.85. The van der Waals surface area contributed by atoms with Gasteiger partial charge in [0.2, 0.25) is 0 Å². The molecular weight excluding hydrogens is 338 g/mol. The van der Waals surface area contributed by atoms with Crippen molar-refractivity contribution in [1.29, 1.82) is 0 Å². The lowest BCUT2D eigenvalue weighted by Gasteiger charge is -2.11. The predicted octanol–water partition coefficient (Wildman–Crippen LogP) is 4.19. The van der Waals surface area contributed by atoms with Crippen molar-refractivity contribution in [2.45, 2.75) is 0 Å².